The highest BCUT2D eigenvalue weighted by Crippen LogP contribution is 2.18. The van der Waals surface area contributed by atoms with E-state index in [1.54, 1.807) is 6.07 Å². The Balaban J connectivity index is 2.65. The molecule has 0 fully saturated rings. The number of carboxylic acids is 1. The lowest BCUT2D eigenvalue weighted by atomic mass is 10.0. The van der Waals surface area contributed by atoms with E-state index in [-0.39, 0.29) is 0 Å². The van der Waals surface area contributed by atoms with Gasteiger partial charge in [-0.15, -0.1) is 0 Å². The summed E-state index contributed by atoms with van der Waals surface area (Å²) >= 11 is 0. The SMILES string of the molecule is CCCC(NC(=O)Nc1cccc(C(C)C)c1)C(=O)O. The Labute approximate surface area is 119 Å². The highest BCUT2D eigenvalue weighted by molar-refractivity contribution is 5.92. The second-order valence-electron chi connectivity index (χ2n) is 5.06. The molecule has 0 aromatic heterocycles. The van der Waals surface area contributed by atoms with Crippen LogP contribution in [-0.4, -0.2) is 23.1 Å². The molecule has 0 saturated heterocycles. The molecule has 0 saturated carbocycles. The first kappa shape index (κ1) is 16.0. The normalized spacial score (nSPS) is 12.0. The van der Waals surface area contributed by atoms with E-state index in [2.05, 4.69) is 24.5 Å². The van der Waals surface area contributed by atoms with Gasteiger partial charge in [-0.1, -0.05) is 39.3 Å². The van der Waals surface area contributed by atoms with Crippen LogP contribution >= 0.6 is 0 Å². The summed E-state index contributed by atoms with van der Waals surface area (Å²) in [4.78, 5) is 22.8. The molecule has 20 heavy (non-hydrogen) atoms. The van der Waals surface area contributed by atoms with Crippen molar-refractivity contribution < 1.29 is 14.7 Å². The largest absolute Gasteiger partial charge is 0.480 e. The summed E-state index contributed by atoms with van der Waals surface area (Å²) in [6.07, 6.45) is 1.11. The molecule has 1 unspecified atom stereocenters. The van der Waals surface area contributed by atoms with Crippen molar-refractivity contribution >= 4 is 17.7 Å². The molecule has 1 aromatic rings. The van der Waals surface area contributed by atoms with Gasteiger partial charge in [0.2, 0.25) is 0 Å². The summed E-state index contributed by atoms with van der Waals surface area (Å²) < 4.78 is 0. The maximum Gasteiger partial charge on any atom is 0.326 e. The Morgan fingerprint density at radius 1 is 1.30 bits per heavy atom. The Morgan fingerprint density at radius 3 is 2.55 bits per heavy atom. The van der Waals surface area contributed by atoms with Crippen molar-refractivity contribution in [1.29, 1.82) is 0 Å². The van der Waals surface area contributed by atoms with Gasteiger partial charge in [0.25, 0.3) is 0 Å². The molecule has 0 heterocycles. The number of hydrogen-bond acceptors (Lipinski definition) is 2. The zero-order chi connectivity index (χ0) is 15.1. The summed E-state index contributed by atoms with van der Waals surface area (Å²) in [5.74, 6) is -0.649. The van der Waals surface area contributed by atoms with Gasteiger partial charge in [0.05, 0.1) is 0 Å². The smallest absolute Gasteiger partial charge is 0.326 e. The molecule has 0 aliphatic carbocycles. The van der Waals surface area contributed by atoms with Crippen molar-refractivity contribution in [3.05, 3.63) is 29.8 Å². The van der Waals surface area contributed by atoms with E-state index in [1.807, 2.05) is 25.1 Å². The predicted octanol–water partition coefficient (Wildman–Crippen LogP) is 3.18. The minimum absolute atomic E-state index is 0.367. The minimum Gasteiger partial charge on any atom is -0.480 e. The molecule has 3 N–H and O–H groups in total. The molecule has 0 aliphatic rings. The van der Waals surface area contributed by atoms with Crippen molar-refractivity contribution in [2.75, 3.05) is 5.32 Å². The van der Waals surface area contributed by atoms with Crippen LogP contribution < -0.4 is 10.6 Å². The topological polar surface area (TPSA) is 78.4 Å². The second kappa shape index (κ2) is 7.53. The van der Waals surface area contributed by atoms with E-state index in [9.17, 15) is 9.59 Å². The van der Waals surface area contributed by atoms with E-state index < -0.39 is 18.0 Å². The van der Waals surface area contributed by atoms with Crippen LogP contribution in [-0.2, 0) is 4.79 Å². The molecule has 0 bridgehead atoms. The number of anilines is 1. The standard InChI is InChI=1S/C15H22N2O3/c1-4-6-13(14(18)19)17-15(20)16-12-8-5-7-11(9-12)10(2)3/h5,7-10,13H,4,6H2,1-3H3,(H,18,19)(H2,16,17,20). The lowest BCUT2D eigenvalue weighted by molar-refractivity contribution is -0.139. The fourth-order valence-electron chi connectivity index (χ4n) is 1.85. The van der Waals surface area contributed by atoms with Gasteiger partial charge in [0, 0.05) is 5.69 Å². The van der Waals surface area contributed by atoms with Crippen molar-refractivity contribution in [3.8, 4) is 0 Å². The maximum atomic E-state index is 11.8. The summed E-state index contributed by atoms with van der Waals surface area (Å²) in [5, 5.41) is 14.1. The van der Waals surface area contributed by atoms with Gasteiger partial charge in [0.1, 0.15) is 6.04 Å². The Kier molecular flexibility index (Phi) is 6.03. The summed E-state index contributed by atoms with van der Waals surface area (Å²) in [6, 6.07) is 6.18. The molecule has 5 heteroatoms. The number of carbonyl (C=O) groups is 2. The fourth-order valence-corrected chi connectivity index (χ4v) is 1.85. The third-order valence-electron chi connectivity index (χ3n) is 2.99. The molecule has 0 spiro atoms. The number of hydrogen-bond donors (Lipinski definition) is 3. The number of rotatable bonds is 6. The van der Waals surface area contributed by atoms with Crippen LogP contribution in [0.15, 0.2) is 24.3 Å². The van der Waals surface area contributed by atoms with Gasteiger partial charge in [-0.2, -0.15) is 0 Å². The molecule has 2 amide bonds. The highest BCUT2D eigenvalue weighted by Gasteiger charge is 2.18. The number of urea groups is 1. The molecular formula is C15H22N2O3. The van der Waals surface area contributed by atoms with Gasteiger partial charge in [-0.25, -0.2) is 9.59 Å². The molecule has 0 radical (unpaired) electrons. The van der Waals surface area contributed by atoms with Crippen molar-refractivity contribution in [1.82, 2.24) is 5.32 Å². The Hall–Kier alpha value is -2.04. The summed E-state index contributed by atoms with van der Waals surface area (Å²) in [5.41, 5.74) is 1.78. The molecule has 110 valence electrons. The number of nitrogens with one attached hydrogen (secondary N) is 2. The van der Waals surface area contributed by atoms with Gasteiger partial charge in [0.15, 0.2) is 0 Å². The number of benzene rings is 1. The zero-order valence-electron chi connectivity index (χ0n) is 12.1. The fraction of sp³-hybridized carbons (Fsp3) is 0.467. The average Bonchev–Trinajstić information content (AvgIpc) is 2.38. The summed E-state index contributed by atoms with van der Waals surface area (Å²) in [6.45, 7) is 6.02. The van der Waals surface area contributed by atoms with Crippen LogP contribution in [0.2, 0.25) is 0 Å². The number of carbonyl (C=O) groups excluding carboxylic acids is 1. The van der Waals surface area contributed by atoms with Crippen LogP contribution in [0.4, 0.5) is 10.5 Å². The van der Waals surface area contributed by atoms with Crippen molar-refractivity contribution in [2.24, 2.45) is 0 Å². The molecule has 1 rings (SSSR count). The van der Waals surface area contributed by atoms with E-state index in [0.29, 0.717) is 24.4 Å². The van der Waals surface area contributed by atoms with Crippen LogP contribution in [0.5, 0.6) is 0 Å². The van der Waals surface area contributed by atoms with E-state index in [0.717, 1.165) is 5.56 Å². The quantitative estimate of drug-likeness (QED) is 0.747. The van der Waals surface area contributed by atoms with Gasteiger partial charge in [-0.05, 0) is 30.0 Å². The molecule has 1 aromatic carbocycles. The van der Waals surface area contributed by atoms with Crippen LogP contribution in [0, 0.1) is 0 Å². The van der Waals surface area contributed by atoms with Crippen molar-refractivity contribution in [3.63, 3.8) is 0 Å². The third-order valence-corrected chi connectivity index (χ3v) is 2.99. The maximum absolute atomic E-state index is 11.8. The predicted molar refractivity (Wildman–Crippen MR) is 79.0 cm³/mol. The Bertz CT molecular complexity index is 472. The lowest BCUT2D eigenvalue weighted by Gasteiger charge is -2.15. The first-order chi connectivity index (χ1) is 9.43. The first-order valence-corrected chi connectivity index (χ1v) is 6.84. The lowest BCUT2D eigenvalue weighted by Crippen LogP contribution is -2.42. The van der Waals surface area contributed by atoms with Gasteiger partial charge in [-0.3, -0.25) is 0 Å². The van der Waals surface area contributed by atoms with Crippen LogP contribution in [0.1, 0.15) is 45.1 Å². The van der Waals surface area contributed by atoms with E-state index in [4.69, 9.17) is 5.11 Å². The molecule has 1 atom stereocenters. The molecular weight excluding hydrogens is 256 g/mol. The number of carboxylic acid groups (broad SMARTS) is 1. The average molecular weight is 278 g/mol. The van der Waals surface area contributed by atoms with Gasteiger partial charge >= 0.3 is 12.0 Å². The third kappa shape index (κ3) is 4.91. The number of aliphatic carboxylic acids is 1. The Morgan fingerprint density at radius 2 is 2.00 bits per heavy atom. The van der Waals surface area contributed by atoms with Crippen LogP contribution in [0.25, 0.3) is 0 Å². The van der Waals surface area contributed by atoms with Gasteiger partial charge < -0.3 is 15.7 Å². The number of amides is 2. The summed E-state index contributed by atoms with van der Waals surface area (Å²) in [7, 11) is 0. The second-order valence-corrected chi connectivity index (χ2v) is 5.06. The first-order valence-electron chi connectivity index (χ1n) is 6.84. The molecule has 5 nitrogen and oxygen atoms in total. The van der Waals surface area contributed by atoms with E-state index in [1.165, 1.54) is 0 Å². The molecule has 0 aliphatic heterocycles. The van der Waals surface area contributed by atoms with E-state index >= 15 is 0 Å². The highest BCUT2D eigenvalue weighted by atomic mass is 16.4. The minimum atomic E-state index is -1.02. The zero-order valence-corrected chi connectivity index (χ0v) is 12.1. The van der Waals surface area contributed by atoms with Crippen molar-refractivity contribution in [2.45, 2.75) is 45.6 Å². The van der Waals surface area contributed by atoms with Crippen LogP contribution in [0.3, 0.4) is 0 Å². The monoisotopic (exact) mass is 278 g/mol.